The Morgan fingerprint density at radius 1 is 1.03 bits per heavy atom. The van der Waals surface area contributed by atoms with Gasteiger partial charge in [-0.25, -0.2) is 0 Å². The van der Waals surface area contributed by atoms with Crippen LogP contribution in [0.15, 0.2) is 34.7 Å². The second-order valence-electron chi connectivity index (χ2n) is 9.59. The molecule has 2 aromatic rings. The number of nitrogens with zero attached hydrogens (tertiary/aromatic N) is 3. The van der Waals surface area contributed by atoms with Gasteiger partial charge in [-0.2, -0.15) is 0 Å². The quantitative estimate of drug-likeness (QED) is 0.608. The summed E-state index contributed by atoms with van der Waals surface area (Å²) in [6, 6.07) is 4.17. The molecule has 1 N–H and O–H groups in total. The molecule has 0 bridgehead atoms. The zero-order valence-electron chi connectivity index (χ0n) is 20.2. The Hall–Kier alpha value is -2.45. The van der Waals surface area contributed by atoms with Gasteiger partial charge in [-0.15, -0.1) is 11.3 Å². The summed E-state index contributed by atoms with van der Waals surface area (Å²) in [4.78, 5) is 44.6. The Balaban J connectivity index is 1.77. The lowest BCUT2D eigenvalue weighted by Crippen LogP contribution is -2.49. The summed E-state index contributed by atoms with van der Waals surface area (Å²) >= 11 is 1.74. The average molecular weight is 473 g/mol. The number of aryl methyl sites for hydroxylation is 1. The molecule has 1 aliphatic heterocycles. The van der Waals surface area contributed by atoms with E-state index in [1.807, 2.05) is 24.5 Å². The minimum atomic E-state index is -0.483. The van der Waals surface area contributed by atoms with Crippen LogP contribution in [-0.2, 0) is 13.1 Å². The van der Waals surface area contributed by atoms with Crippen LogP contribution < -0.4 is 10.7 Å². The maximum atomic E-state index is 13.3. The van der Waals surface area contributed by atoms with Crippen LogP contribution in [0.4, 0.5) is 0 Å². The summed E-state index contributed by atoms with van der Waals surface area (Å²) in [5.74, 6) is 0.0422. The minimum absolute atomic E-state index is 0.0431. The Kier molecular flexibility index (Phi) is 8.86. The van der Waals surface area contributed by atoms with Crippen molar-refractivity contribution in [2.75, 3.05) is 32.7 Å². The first-order valence-corrected chi connectivity index (χ1v) is 12.7. The largest absolute Gasteiger partial charge is 0.352 e. The van der Waals surface area contributed by atoms with E-state index >= 15 is 0 Å². The highest BCUT2D eigenvalue weighted by molar-refractivity contribution is 7.09. The first-order valence-electron chi connectivity index (χ1n) is 11.8. The van der Waals surface area contributed by atoms with Crippen LogP contribution in [-0.4, -0.2) is 58.9 Å². The number of rotatable bonds is 9. The molecule has 8 heteroatoms. The van der Waals surface area contributed by atoms with E-state index in [1.54, 1.807) is 28.6 Å². The zero-order valence-corrected chi connectivity index (χ0v) is 21.0. The van der Waals surface area contributed by atoms with Crippen molar-refractivity contribution < 1.29 is 9.59 Å². The van der Waals surface area contributed by atoms with Crippen LogP contribution in [0.25, 0.3) is 0 Å². The van der Waals surface area contributed by atoms with Gasteiger partial charge in [0.25, 0.3) is 11.8 Å². The molecule has 180 valence electrons. The van der Waals surface area contributed by atoms with E-state index in [0.717, 1.165) is 26.1 Å². The lowest BCUT2D eigenvalue weighted by atomic mass is 10.1. The molecule has 0 aromatic carbocycles. The molecule has 1 aliphatic rings. The topological polar surface area (TPSA) is 74.6 Å². The Labute approximate surface area is 200 Å². The van der Waals surface area contributed by atoms with E-state index in [0.29, 0.717) is 32.1 Å². The lowest BCUT2D eigenvalue weighted by molar-refractivity contribution is 0.0627. The molecular formula is C25H36N4O3S. The van der Waals surface area contributed by atoms with E-state index in [2.05, 4.69) is 35.5 Å². The molecule has 1 fully saturated rings. The molecule has 0 atom stereocenters. The molecule has 33 heavy (non-hydrogen) atoms. The molecule has 0 unspecified atom stereocenters. The van der Waals surface area contributed by atoms with Gasteiger partial charge < -0.3 is 14.8 Å². The summed E-state index contributed by atoms with van der Waals surface area (Å²) in [6.45, 7) is 12.9. The number of amides is 2. The minimum Gasteiger partial charge on any atom is -0.352 e. The van der Waals surface area contributed by atoms with Crippen molar-refractivity contribution in [3.05, 3.63) is 56.1 Å². The lowest BCUT2D eigenvalue weighted by Gasteiger charge is -2.34. The molecule has 0 aliphatic carbocycles. The fourth-order valence-electron chi connectivity index (χ4n) is 3.78. The number of hydrogen-bond acceptors (Lipinski definition) is 5. The molecule has 1 saturated heterocycles. The van der Waals surface area contributed by atoms with Crippen LogP contribution in [0.3, 0.4) is 0 Å². The molecular weight excluding hydrogens is 436 g/mol. The molecule has 3 heterocycles. The summed E-state index contributed by atoms with van der Waals surface area (Å²) in [6.07, 6.45) is 4.12. The standard InChI is InChI=1S/C25H36N4O3S/c1-18(2)7-8-28-16-21(24(31)26-14-19(3)4)23(30)22(17-28)25(32)29-11-9-27(10-12-29)15-20-6-5-13-33-20/h5-6,13,16-19H,7-12,14-15H2,1-4H3,(H,26,31). The third-order valence-corrected chi connectivity index (χ3v) is 6.67. The predicted molar refractivity (Wildman–Crippen MR) is 133 cm³/mol. The Morgan fingerprint density at radius 2 is 1.73 bits per heavy atom. The van der Waals surface area contributed by atoms with Crippen molar-refractivity contribution in [2.45, 2.75) is 47.2 Å². The maximum Gasteiger partial charge on any atom is 0.259 e. The third-order valence-electron chi connectivity index (χ3n) is 5.81. The van der Waals surface area contributed by atoms with Crippen molar-refractivity contribution in [3.63, 3.8) is 0 Å². The Morgan fingerprint density at radius 3 is 2.33 bits per heavy atom. The van der Waals surface area contributed by atoms with Crippen molar-refractivity contribution in [2.24, 2.45) is 11.8 Å². The predicted octanol–water partition coefficient (Wildman–Crippen LogP) is 3.30. The highest BCUT2D eigenvalue weighted by Gasteiger charge is 2.26. The van der Waals surface area contributed by atoms with Crippen LogP contribution in [0, 0.1) is 11.8 Å². The van der Waals surface area contributed by atoms with Gasteiger partial charge in [-0.05, 0) is 29.7 Å². The first-order chi connectivity index (χ1) is 15.7. The molecule has 3 rings (SSSR count). The summed E-state index contributed by atoms with van der Waals surface area (Å²) in [5.41, 5.74) is -0.354. The second-order valence-corrected chi connectivity index (χ2v) is 10.6. The van der Waals surface area contributed by atoms with Gasteiger partial charge >= 0.3 is 0 Å². The van der Waals surface area contributed by atoms with Crippen molar-refractivity contribution >= 4 is 23.2 Å². The summed E-state index contributed by atoms with van der Waals surface area (Å²) in [5, 5.41) is 4.89. The molecule has 2 amide bonds. The molecule has 2 aromatic heterocycles. The normalized spacial score (nSPS) is 14.8. The zero-order chi connectivity index (χ0) is 24.0. The molecule has 7 nitrogen and oxygen atoms in total. The van der Waals surface area contributed by atoms with Gasteiger partial charge in [-0.1, -0.05) is 33.8 Å². The number of carbonyl (C=O) groups is 2. The molecule has 0 saturated carbocycles. The van der Waals surface area contributed by atoms with Crippen LogP contribution in [0.2, 0.25) is 0 Å². The van der Waals surface area contributed by atoms with Gasteiger partial charge in [0.15, 0.2) is 0 Å². The maximum absolute atomic E-state index is 13.3. The SMILES string of the molecule is CC(C)CCn1cc(C(=O)NCC(C)C)c(=O)c(C(=O)N2CCN(Cc3cccs3)CC2)c1. The Bertz CT molecular complexity index is 990. The smallest absolute Gasteiger partial charge is 0.259 e. The molecule has 0 spiro atoms. The van der Waals surface area contributed by atoms with Crippen molar-refractivity contribution in [1.82, 2.24) is 19.7 Å². The van der Waals surface area contributed by atoms with Gasteiger partial charge in [0.2, 0.25) is 5.43 Å². The van der Waals surface area contributed by atoms with Crippen molar-refractivity contribution in [3.8, 4) is 0 Å². The monoisotopic (exact) mass is 472 g/mol. The van der Waals surface area contributed by atoms with E-state index in [-0.39, 0.29) is 23.0 Å². The second kappa shape index (κ2) is 11.6. The first kappa shape index (κ1) is 25.2. The summed E-state index contributed by atoms with van der Waals surface area (Å²) < 4.78 is 1.83. The number of nitrogens with one attached hydrogen (secondary N) is 1. The number of hydrogen-bond donors (Lipinski definition) is 1. The highest BCUT2D eigenvalue weighted by atomic mass is 32.1. The number of carbonyl (C=O) groups excluding carboxylic acids is 2. The fourth-order valence-corrected chi connectivity index (χ4v) is 4.52. The van der Waals surface area contributed by atoms with Crippen LogP contribution >= 0.6 is 11.3 Å². The summed E-state index contributed by atoms with van der Waals surface area (Å²) in [7, 11) is 0. The van der Waals surface area contributed by atoms with Crippen molar-refractivity contribution in [1.29, 1.82) is 0 Å². The average Bonchev–Trinajstić information content (AvgIpc) is 3.29. The van der Waals surface area contributed by atoms with Gasteiger partial charge in [-0.3, -0.25) is 19.3 Å². The number of thiophene rings is 1. The van der Waals surface area contributed by atoms with E-state index < -0.39 is 11.3 Å². The van der Waals surface area contributed by atoms with Gasteiger partial charge in [0, 0.05) is 63.1 Å². The van der Waals surface area contributed by atoms with Crippen LogP contribution in [0.1, 0.15) is 59.7 Å². The number of aromatic nitrogens is 1. The van der Waals surface area contributed by atoms with Gasteiger partial charge in [0.05, 0.1) is 0 Å². The highest BCUT2D eigenvalue weighted by Crippen LogP contribution is 2.15. The molecule has 0 radical (unpaired) electrons. The number of pyridine rings is 1. The van der Waals surface area contributed by atoms with E-state index in [4.69, 9.17) is 0 Å². The fraction of sp³-hybridized carbons (Fsp3) is 0.560. The van der Waals surface area contributed by atoms with Crippen LogP contribution in [0.5, 0.6) is 0 Å². The van der Waals surface area contributed by atoms with E-state index in [1.165, 1.54) is 4.88 Å². The van der Waals surface area contributed by atoms with E-state index in [9.17, 15) is 14.4 Å². The van der Waals surface area contributed by atoms with Gasteiger partial charge in [0.1, 0.15) is 11.1 Å². The number of piperazine rings is 1. The third kappa shape index (κ3) is 7.01.